The van der Waals surface area contributed by atoms with Crippen molar-refractivity contribution in [2.75, 3.05) is 5.32 Å². The summed E-state index contributed by atoms with van der Waals surface area (Å²) in [7, 11) is -3.74. The van der Waals surface area contributed by atoms with Crippen molar-refractivity contribution in [3.8, 4) is 0 Å². The average molecular weight is 384 g/mol. The van der Waals surface area contributed by atoms with Crippen LogP contribution in [0.4, 0.5) is 11.7 Å². The van der Waals surface area contributed by atoms with Gasteiger partial charge in [-0.05, 0) is 35.7 Å². The third kappa shape index (κ3) is 2.89. The van der Waals surface area contributed by atoms with E-state index in [2.05, 4.69) is 10.3 Å². The summed E-state index contributed by atoms with van der Waals surface area (Å²) in [6.07, 6.45) is 0. The molecule has 0 fully saturated rings. The number of nitrogens with zero attached hydrogens (tertiary/aromatic N) is 1. The van der Waals surface area contributed by atoms with Crippen LogP contribution in [-0.2, 0) is 9.84 Å². The highest BCUT2D eigenvalue weighted by Gasteiger charge is 2.21. The molecule has 0 bridgehead atoms. The molecule has 0 atom stereocenters. The Balaban J connectivity index is 1.80. The Morgan fingerprint density at radius 3 is 2.50 bits per heavy atom. The van der Waals surface area contributed by atoms with Crippen molar-refractivity contribution < 1.29 is 12.8 Å². The SMILES string of the molecule is O=c1oc(Nc2ccccc2S(=O)(=O)c2ccccc2)nc2sccc12. The highest BCUT2D eigenvalue weighted by atomic mass is 32.2. The summed E-state index contributed by atoms with van der Waals surface area (Å²) in [5.41, 5.74) is -0.245. The van der Waals surface area contributed by atoms with Crippen LogP contribution < -0.4 is 10.9 Å². The minimum Gasteiger partial charge on any atom is -0.388 e. The highest BCUT2D eigenvalue weighted by molar-refractivity contribution is 7.91. The molecule has 0 aliphatic heterocycles. The van der Waals surface area contributed by atoms with E-state index in [1.165, 1.54) is 29.5 Å². The second-order valence-corrected chi connectivity index (χ2v) is 8.20. The summed E-state index contributed by atoms with van der Waals surface area (Å²) in [5, 5.41) is 4.96. The van der Waals surface area contributed by atoms with Gasteiger partial charge in [0.1, 0.15) is 4.83 Å². The van der Waals surface area contributed by atoms with Crippen LogP contribution in [-0.4, -0.2) is 13.4 Å². The molecule has 2 aromatic carbocycles. The van der Waals surface area contributed by atoms with Gasteiger partial charge in [-0.2, -0.15) is 4.98 Å². The summed E-state index contributed by atoms with van der Waals surface area (Å²) >= 11 is 1.30. The normalized spacial score (nSPS) is 11.5. The third-order valence-electron chi connectivity index (χ3n) is 3.73. The molecular formula is C18H12N2O4S2. The van der Waals surface area contributed by atoms with Crippen molar-refractivity contribution in [3.63, 3.8) is 0 Å². The van der Waals surface area contributed by atoms with Crippen LogP contribution in [0.25, 0.3) is 10.2 Å². The van der Waals surface area contributed by atoms with Crippen molar-refractivity contribution >= 4 is 43.1 Å². The number of nitrogens with one attached hydrogen (secondary N) is 1. The first-order valence-electron chi connectivity index (χ1n) is 7.60. The average Bonchev–Trinajstić information content (AvgIpc) is 3.12. The topological polar surface area (TPSA) is 89.3 Å². The molecule has 6 nitrogen and oxygen atoms in total. The lowest BCUT2D eigenvalue weighted by Crippen LogP contribution is -2.08. The van der Waals surface area contributed by atoms with Crippen molar-refractivity contribution in [2.45, 2.75) is 9.79 Å². The van der Waals surface area contributed by atoms with Crippen LogP contribution in [0.15, 0.2) is 85.0 Å². The number of anilines is 2. The fourth-order valence-electron chi connectivity index (χ4n) is 2.50. The van der Waals surface area contributed by atoms with Crippen LogP contribution in [0.2, 0.25) is 0 Å². The van der Waals surface area contributed by atoms with Crippen LogP contribution in [0, 0.1) is 0 Å². The molecule has 130 valence electrons. The molecule has 2 heterocycles. The number of hydrogen-bond donors (Lipinski definition) is 1. The third-order valence-corrected chi connectivity index (χ3v) is 6.36. The number of sulfone groups is 1. The molecule has 0 saturated carbocycles. The first-order valence-corrected chi connectivity index (χ1v) is 9.96. The summed E-state index contributed by atoms with van der Waals surface area (Å²) < 4.78 is 31.0. The number of fused-ring (bicyclic) bond motifs is 1. The van der Waals surface area contributed by atoms with Gasteiger partial charge in [0.05, 0.1) is 20.9 Å². The van der Waals surface area contributed by atoms with Gasteiger partial charge in [0.25, 0.3) is 0 Å². The molecule has 4 aromatic rings. The van der Waals surface area contributed by atoms with Crippen LogP contribution >= 0.6 is 11.3 Å². The number of benzene rings is 2. The maximum atomic E-state index is 12.9. The number of aromatic nitrogens is 1. The van der Waals surface area contributed by atoms with Gasteiger partial charge in [-0.1, -0.05) is 30.3 Å². The summed E-state index contributed by atoms with van der Waals surface area (Å²) in [4.78, 5) is 17.0. The smallest absolute Gasteiger partial charge is 0.349 e. The number of thiophene rings is 1. The van der Waals surface area contributed by atoms with Crippen LogP contribution in [0.1, 0.15) is 0 Å². The zero-order valence-corrected chi connectivity index (χ0v) is 14.9. The number of para-hydroxylation sites is 1. The van der Waals surface area contributed by atoms with E-state index in [1.54, 1.807) is 47.8 Å². The van der Waals surface area contributed by atoms with Crippen molar-refractivity contribution in [3.05, 3.63) is 76.5 Å². The van der Waals surface area contributed by atoms with Gasteiger partial charge in [0.15, 0.2) is 0 Å². The molecule has 8 heteroatoms. The van der Waals surface area contributed by atoms with Gasteiger partial charge in [0, 0.05) is 0 Å². The Morgan fingerprint density at radius 1 is 0.962 bits per heavy atom. The molecule has 0 aliphatic rings. The molecule has 0 unspecified atom stereocenters. The Labute approximate surface area is 152 Å². The Kier molecular flexibility index (Phi) is 4.06. The van der Waals surface area contributed by atoms with Gasteiger partial charge in [-0.3, -0.25) is 0 Å². The Bertz CT molecular complexity index is 1240. The zero-order valence-electron chi connectivity index (χ0n) is 13.2. The Morgan fingerprint density at radius 2 is 1.69 bits per heavy atom. The first kappa shape index (κ1) is 16.5. The molecule has 0 radical (unpaired) electrons. The number of hydrogen-bond acceptors (Lipinski definition) is 7. The largest absolute Gasteiger partial charge is 0.388 e. The molecule has 26 heavy (non-hydrogen) atoms. The van der Waals surface area contributed by atoms with Gasteiger partial charge < -0.3 is 9.73 Å². The van der Waals surface area contributed by atoms with Gasteiger partial charge >= 0.3 is 11.6 Å². The minimum atomic E-state index is -3.74. The van der Waals surface area contributed by atoms with Gasteiger partial charge in [-0.15, -0.1) is 11.3 Å². The molecule has 0 spiro atoms. The predicted octanol–water partition coefficient (Wildman–Crippen LogP) is 3.83. The Hall–Kier alpha value is -2.97. The lowest BCUT2D eigenvalue weighted by atomic mass is 10.3. The molecule has 2 aromatic heterocycles. The predicted molar refractivity (Wildman–Crippen MR) is 99.8 cm³/mol. The van der Waals surface area contributed by atoms with Gasteiger partial charge in [0.2, 0.25) is 9.84 Å². The first-order chi connectivity index (χ1) is 12.6. The van der Waals surface area contributed by atoms with Crippen LogP contribution in [0.5, 0.6) is 0 Å². The van der Waals surface area contributed by atoms with Crippen molar-refractivity contribution in [2.24, 2.45) is 0 Å². The molecular weight excluding hydrogens is 372 g/mol. The van der Waals surface area contributed by atoms with E-state index < -0.39 is 15.5 Å². The standard InChI is InChI=1S/C18H12N2O4S2/c21-17-13-10-11-25-16(13)20-18(24-17)19-14-8-4-5-9-15(14)26(22,23)12-6-2-1-3-7-12/h1-11H,(H,19,20). The second kappa shape index (κ2) is 6.40. The molecule has 0 aliphatic carbocycles. The van der Waals surface area contributed by atoms with E-state index in [-0.39, 0.29) is 21.5 Å². The number of rotatable bonds is 4. The summed E-state index contributed by atoms with van der Waals surface area (Å²) in [6.45, 7) is 0. The molecule has 1 N–H and O–H groups in total. The minimum absolute atomic E-state index is 0.0549. The van der Waals surface area contributed by atoms with E-state index >= 15 is 0 Å². The quantitative estimate of drug-likeness (QED) is 0.575. The maximum absolute atomic E-state index is 12.9. The van der Waals surface area contributed by atoms with Crippen molar-refractivity contribution in [1.29, 1.82) is 0 Å². The van der Waals surface area contributed by atoms with Crippen molar-refractivity contribution in [1.82, 2.24) is 4.98 Å². The summed E-state index contributed by atoms with van der Waals surface area (Å²) in [6, 6.07) is 16.1. The molecule has 0 amide bonds. The molecule has 0 saturated heterocycles. The maximum Gasteiger partial charge on any atom is 0.349 e. The lowest BCUT2D eigenvalue weighted by Gasteiger charge is -2.11. The lowest BCUT2D eigenvalue weighted by molar-refractivity contribution is 0.522. The fraction of sp³-hybridized carbons (Fsp3) is 0. The second-order valence-electron chi connectivity index (χ2n) is 5.38. The highest BCUT2D eigenvalue weighted by Crippen LogP contribution is 2.29. The van der Waals surface area contributed by atoms with Crippen LogP contribution in [0.3, 0.4) is 0 Å². The van der Waals surface area contributed by atoms with E-state index in [4.69, 9.17) is 4.42 Å². The van der Waals surface area contributed by atoms with E-state index in [0.717, 1.165) is 0 Å². The van der Waals surface area contributed by atoms with Gasteiger partial charge in [-0.25, -0.2) is 13.2 Å². The fourth-order valence-corrected chi connectivity index (χ4v) is 4.68. The van der Waals surface area contributed by atoms with E-state index in [0.29, 0.717) is 10.2 Å². The van der Waals surface area contributed by atoms with E-state index in [9.17, 15) is 13.2 Å². The molecule has 4 rings (SSSR count). The zero-order chi connectivity index (χ0) is 18.1. The summed E-state index contributed by atoms with van der Waals surface area (Å²) in [5.74, 6) is 0. The van der Waals surface area contributed by atoms with E-state index in [1.807, 2.05) is 0 Å². The monoisotopic (exact) mass is 384 g/mol.